The summed E-state index contributed by atoms with van der Waals surface area (Å²) in [5.41, 5.74) is 6.59. The first-order chi connectivity index (χ1) is 6.07. The zero-order chi connectivity index (χ0) is 10.0. The number of nitrogen functional groups attached to an aromatic ring is 1. The minimum absolute atomic E-state index is 0.370. The summed E-state index contributed by atoms with van der Waals surface area (Å²) < 4.78 is 1.91. The Morgan fingerprint density at radius 1 is 1.46 bits per heavy atom. The highest BCUT2D eigenvalue weighted by Gasteiger charge is 2.16. The quantitative estimate of drug-likeness (QED) is 0.775. The van der Waals surface area contributed by atoms with Crippen LogP contribution in [0.1, 0.15) is 38.9 Å². The summed E-state index contributed by atoms with van der Waals surface area (Å²) >= 11 is 0. The van der Waals surface area contributed by atoms with E-state index in [4.69, 9.17) is 5.73 Å². The molecule has 1 rings (SSSR count). The van der Waals surface area contributed by atoms with Crippen LogP contribution in [0.2, 0.25) is 0 Å². The maximum Gasteiger partial charge on any atom is 0.168 e. The van der Waals surface area contributed by atoms with Gasteiger partial charge < -0.3 is 5.73 Å². The Morgan fingerprint density at radius 2 is 2.08 bits per heavy atom. The number of hydrogen-bond donors (Lipinski definition) is 1. The van der Waals surface area contributed by atoms with Gasteiger partial charge in [-0.1, -0.05) is 25.5 Å². The highest BCUT2D eigenvalue weighted by Crippen LogP contribution is 2.21. The summed E-state index contributed by atoms with van der Waals surface area (Å²) in [4.78, 5) is 0. The van der Waals surface area contributed by atoms with Crippen LogP contribution in [0.5, 0.6) is 0 Å². The number of rotatable bonds is 3. The lowest BCUT2D eigenvalue weighted by Crippen LogP contribution is -2.16. The molecular formula is C9H18N4. The zero-order valence-electron chi connectivity index (χ0n) is 8.78. The van der Waals surface area contributed by atoms with Crippen LogP contribution in [0.4, 0.5) is 5.82 Å². The fourth-order valence-electron chi connectivity index (χ4n) is 1.32. The lowest BCUT2D eigenvalue weighted by Gasteiger charge is -2.19. The van der Waals surface area contributed by atoms with Gasteiger partial charge in [0.15, 0.2) is 5.82 Å². The van der Waals surface area contributed by atoms with Crippen molar-refractivity contribution >= 4 is 5.82 Å². The number of nitrogens with zero attached hydrogens (tertiary/aromatic N) is 3. The average molecular weight is 182 g/mol. The van der Waals surface area contributed by atoms with Gasteiger partial charge in [-0.3, -0.25) is 0 Å². The minimum Gasteiger partial charge on any atom is -0.381 e. The zero-order valence-corrected chi connectivity index (χ0v) is 8.78. The molecule has 0 radical (unpaired) electrons. The molecule has 0 bridgehead atoms. The second kappa shape index (κ2) is 3.77. The summed E-state index contributed by atoms with van der Waals surface area (Å²) in [6.07, 6.45) is 1.14. The smallest absolute Gasteiger partial charge is 0.168 e. The Balaban J connectivity index is 2.88. The van der Waals surface area contributed by atoms with Gasteiger partial charge in [-0.05, 0) is 19.8 Å². The fourth-order valence-corrected chi connectivity index (χ4v) is 1.32. The van der Waals surface area contributed by atoms with E-state index in [1.807, 2.05) is 11.6 Å². The molecule has 74 valence electrons. The second-order valence-corrected chi connectivity index (χ2v) is 3.63. The fraction of sp³-hybridized carbons (Fsp3) is 0.778. The van der Waals surface area contributed by atoms with Gasteiger partial charge in [0.1, 0.15) is 0 Å². The molecule has 0 saturated carbocycles. The van der Waals surface area contributed by atoms with Crippen molar-refractivity contribution in [3.63, 3.8) is 0 Å². The van der Waals surface area contributed by atoms with E-state index in [2.05, 4.69) is 31.1 Å². The first-order valence-corrected chi connectivity index (χ1v) is 4.75. The summed E-state index contributed by atoms with van der Waals surface area (Å²) in [6.45, 7) is 8.49. The van der Waals surface area contributed by atoms with Crippen molar-refractivity contribution in [2.75, 3.05) is 5.73 Å². The molecule has 0 aliphatic carbocycles. The summed E-state index contributed by atoms with van der Waals surface area (Å²) in [6, 6.07) is 0.370. The third-order valence-corrected chi connectivity index (χ3v) is 2.82. The van der Waals surface area contributed by atoms with E-state index in [0.29, 0.717) is 17.8 Å². The van der Waals surface area contributed by atoms with Crippen LogP contribution in [-0.2, 0) is 0 Å². The van der Waals surface area contributed by atoms with Crippen LogP contribution >= 0.6 is 0 Å². The first-order valence-electron chi connectivity index (χ1n) is 4.75. The highest BCUT2D eigenvalue weighted by molar-refractivity contribution is 5.31. The summed E-state index contributed by atoms with van der Waals surface area (Å²) in [7, 11) is 0. The number of aromatic nitrogens is 3. The normalized spacial score (nSPS) is 15.7. The van der Waals surface area contributed by atoms with Crippen LogP contribution in [0.15, 0.2) is 0 Å². The van der Waals surface area contributed by atoms with Crippen LogP contribution in [0, 0.1) is 12.8 Å². The Kier molecular flexibility index (Phi) is 2.90. The van der Waals surface area contributed by atoms with Gasteiger partial charge in [0.05, 0.1) is 11.7 Å². The third-order valence-electron chi connectivity index (χ3n) is 2.82. The van der Waals surface area contributed by atoms with Gasteiger partial charge >= 0.3 is 0 Å². The monoisotopic (exact) mass is 182 g/mol. The predicted molar refractivity (Wildman–Crippen MR) is 53.3 cm³/mol. The maximum atomic E-state index is 5.63. The number of nitrogens with two attached hydrogens (primary N) is 1. The molecule has 0 aromatic carbocycles. The van der Waals surface area contributed by atoms with Gasteiger partial charge in [0, 0.05) is 0 Å². The number of hydrogen-bond acceptors (Lipinski definition) is 3. The minimum atomic E-state index is 0.370. The van der Waals surface area contributed by atoms with E-state index in [0.717, 1.165) is 12.1 Å². The van der Waals surface area contributed by atoms with Crippen LogP contribution in [0.25, 0.3) is 0 Å². The molecule has 0 aliphatic rings. The largest absolute Gasteiger partial charge is 0.381 e. The lowest BCUT2D eigenvalue weighted by atomic mass is 10.0. The van der Waals surface area contributed by atoms with Crippen molar-refractivity contribution < 1.29 is 0 Å². The van der Waals surface area contributed by atoms with Crippen molar-refractivity contribution in [1.82, 2.24) is 15.0 Å². The second-order valence-electron chi connectivity index (χ2n) is 3.63. The molecule has 1 aromatic heterocycles. The van der Waals surface area contributed by atoms with E-state index in [9.17, 15) is 0 Å². The van der Waals surface area contributed by atoms with Gasteiger partial charge in [0.2, 0.25) is 0 Å². The van der Waals surface area contributed by atoms with Crippen LogP contribution in [0.3, 0.4) is 0 Å². The van der Waals surface area contributed by atoms with Crippen LogP contribution in [-0.4, -0.2) is 15.0 Å². The van der Waals surface area contributed by atoms with Crippen molar-refractivity contribution in [2.45, 2.75) is 40.2 Å². The molecule has 0 aliphatic heterocycles. The van der Waals surface area contributed by atoms with Gasteiger partial charge in [-0.25, -0.2) is 4.68 Å². The Bertz CT molecular complexity index is 279. The highest BCUT2D eigenvalue weighted by atomic mass is 15.5. The average Bonchev–Trinajstić information content (AvgIpc) is 2.45. The molecule has 0 amide bonds. The molecule has 13 heavy (non-hydrogen) atoms. The van der Waals surface area contributed by atoms with Gasteiger partial charge in [0.25, 0.3) is 0 Å². The van der Waals surface area contributed by atoms with Gasteiger partial charge in [-0.15, -0.1) is 5.10 Å². The predicted octanol–water partition coefficient (Wildman–Crippen LogP) is 1.78. The molecule has 4 nitrogen and oxygen atoms in total. The molecule has 1 heterocycles. The molecule has 4 heteroatoms. The molecule has 2 N–H and O–H groups in total. The molecule has 0 fully saturated rings. The summed E-state index contributed by atoms with van der Waals surface area (Å²) in [5.74, 6) is 1.13. The van der Waals surface area contributed by atoms with E-state index >= 15 is 0 Å². The Morgan fingerprint density at radius 3 is 2.46 bits per heavy atom. The van der Waals surface area contributed by atoms with Crippen LogP contribution < -0.4 is 5.73 Å². The number of anilines is 1. The standard InChI is InChI=1S/C9H18N4/c1-5-6(2)7(3)13-8(4)9(10)11-12-13/h6-7H,5,10H2,1-4H3. The van der Waals surface area contributed by atoms with Crippen molar-refractivity contribution in [2.24, 2.45) is 5.92 Å². The van der Waals surface area contributed by atoms with Crippen molar-refractivity contribution in [3.8, 4) is 0 Å². The Labute approximate surface area is 79.1 Å². The van der Waals surface area contributed by atoms with E-state index in [1.165, 1.54) is 0 Å². The Hall–Kier alpha value is -1.06. The SMILES string of the molecule is CCC(C)C(C)n1nnc(N)c1C. The molecule has 0 saturated heterocycles. The maximum absolute atomic E-state index is 5.63. The van der Waals surface area contributed by atoms with Gasteiger partial charge in [-0.2, -0.15) is 0 Å². The summed E-state index contributed by atoms with van der Waals surface area (Å²) in [5, 5.41) is 7.87. The molecule has 1 aromatic rings. The molecular weight excluding hydrogens is 164 g/mol. The molecule has 0 spiro atoms. The lowest BCUT2D eigenvalue weighted by molar-refractivity contribution is 0.332. The van der Waals surface area contributed by atoms with E-state index < -0.39 is 0 Å². The van der Waals surface area contributed by atoms with Crippen molar-refractivity contribution in [3.05, 3.63) is 5.69 Å². The van der Waals surface area contributed by atoms with E-state index in [-0.39, 0.29) is 0 Å². The van der Waals surface area contributed by atoms with Crippen molar-refractivity contribution in [1.29, 1.82) is 0 Å². The third kappa shape index (κ3) is 1.82. The van der Waals surface area contributed by atoms with E-state index in [1.54, 1.807) is 0 Å². The topological polar surface area (TPSA) is 56.7 Å². The first kappa shape index (κ1) is 10.0. The molecule has 2 atom stereocenters. The molecule has 2 unspecified atom stereocenters.